The number of benzene rings is 2. The zero-order valence-electron chi connectivity index (χ0n) is 16.7. The van der Waals surface area contributed by atoms with Gasteiger partial charge in [-0.3, -0.25) is 9.59 Å². The number of amides is 2. The number of hydrogen-bond acceptors (Lipinski definition) is 3. The van der Waals surface area contributed by atoms with Crippen LogP contribution in [0.4, 0.5) is 5.69 Å². The van der Waals surface area contributed by atoms with Crippen LogP contribution >= 0.6 is 0 Å². The van der Waals surface area contributed by atoms with Crippen LogP contribution in [0.5, 0.6) is 5.75 Å². The van der Waals surface area contributed by atoms with Crippen LogP contribution in [0.3, 0.4) is 0 Å². The van der Waals surface area contributed by atoms with E-state index in [4.69, 9.17) is 4.74 Å². The molecule has 0 bridgehead atoms. The molecule has 0 radical (unpaired) electrons. The van der Waals surface area contributed by atoms with Crippen LogP contribution < -0.4 is 10.1 Å². The maximum absolute atomic E-state index is 12.6. The minimum Gasteiger partial charge on any atom is -0.483 e. The molecule has 1 heterocycles. The van der Waals surface area contributed by atoms with E-state index >= 15 is 0 Å². The molecule has 1 aliphatic rings. The van der Waals surface area contributed by atoms with Crippen LogP contribution in [0.25, 0.3) is 0 Å². The Kier molecular flexibility index (Phi) is 6.69. The summed E-state index contributed by atoms with van der Waals surface area (Å²) >= 11 is 0. The first kappa shape index (κ1) is 19.9. The average molecular weight is 380 g/mol. The van der Waals surface area contributed by atoms with Crippen LogP contribution in [0.1, 0.15) is 47.2 Å². The van der Waals surface area contributed by atoms with Gasteiger partial charge in [-0.15, -0.1) is 0 Å². The first-order valence-corrected chi connectivity index (χ1v) is 9.93. The molecule has 2 aromatic rings. The number of nitrogens with zero attached hydrogens (tertiary/aromatic N) is 1. The molecule has 1 saturated heterocycles. The molecule has 1 fully saturated rings. The Balaban J connectivity index is 1.55. The van der Waals surface area contributed by atoms with E-state index in [-0.39, 0.29) is 18.4 Å². The second-order valence-electron chi connectivity index (χ2n) is 7.34. The fourth-order valence-corrected chi connectivity index (χ4v) is 3.51. The van der Waals surface area contributed by atoms with Gasteiger partial charge in [0.1, 0.15) is 5.75 Å². The Bertz CT molecular complexity index is 802. The van der Waals surface area contributed by atoms with Crippen molar-refractivity contribution in [1.29, 1.82) is 0 Å². The van der Waals surface area contributed by atoms with E-state index in [1.165, 1.54) is 12.8 Å². The molecule has 0 unspecified atom stereocenters. The van der Waals surface area contributed by atoms with Crippen molar-refractivity contribution in [3.05, 3.63) is 59.2 Å². The summed E-state index contributed by atoms with van der Waals surface area (Å²) in [5.74, 6) is 0.587. The van der Waals surface area contributed by atoms with Crippen LogP contribution in [-0.2, 0) is 4.79 Å². The molecule has 5 nitrogen and oxygen atoms in total. The number of aryl methyl sites for hydroxylation is 2. The van der Waals surface area contributed by atoms with E-state index < -0.39 is 0 Å². The highest BCUT2D eigenvalue weighted by molar-refractivity contribution is 5.96. The summed E-state index contributed by atoms with van der Waals surface area (Å²) in [6.07, 6.45) is 4.53. The molecule has 3 rings (SSSR count). The minimum atomic E-state index is -0.228. The maximum Gasteiger partial charge on any atom is 0.262 e. The van der Waals surface area contributed by atoms with Gasteiger partial charge in [0.25, 0.3) is 11.8 Å². The molecule has 5 heteroatoms. The van der Waals surface area contributed by atoms with E-state index in [1.807, 2.05) is 36.9 Å². The second kappa shape index (κ2) is 9.40. The van der Waals surface area contributed by atoms with Crippen molar-refractivity contribution in [2.75, 3.05) is 25.0 Å². The highest BCUT2D eigenvalue weighted by Crippen LogP contribution is 2.22. The summed E-state index contributed by atoms with van der Waals surface area (Å²) in [6, 6.07) is 13.0. The Morgan fingerprint density at radius 2 is 1.54 bits per heavy atom. The van der Waals surface area contributed by atoms with Crippen LogP contribution in [0.2, 0.25) is 0 Å². The third-order valence-corrected chi connectivity index (χ3v) is 5.07. The number of rotatable bonds is 5. The first-order valence-electron chi connectivity index (χ1n) is 9.93. The van der Waals surface area contributed by atoms with Gasteiger partial charge in [0.15, 0.2) is 6.61 Å². The third-order valence-electron chi connectivity index (χ3n) is 5.07. The lowest BCUT2D eigenvalue weighted by atomic mass is 10.1. The normalized spacial score (nSPS) is 14.3. The van der Waals surface area contributed by atoms with Gasteiger partial charge in [0.05, 0.1) is 0 Å². The monoisotopic (exact) mass is 380 g/mol. The van der Waals surface area contributed by atoms with E-state index in [1.54, 1.807) is 24.3 Å². The average Bonchev–Trinajstić information content (AvgIpc) is 2.97. The van der Waals surface area contributed by atoms with Crippen molar-refractivity contribution in [3.63, 3.8) is 0 Å². The van der Waals surface area contributed by atoms with Gasteiger partial charge in [0, 0.05) is 24.3 Å². The molecule has 2 aromatic carbocycles. The lowest BCUT2D eigenvalue weighted by molar-refractivity contribution is -0.118. The summed E-state index contributed by atoms with van der Waals surface area (Å²) in [7, 11) is 0. The van der Waals surface area contributed by atoms with Crippen LogP contribution in [0.15, 0.2) is 42.5 Å². The van der Waals surface area contributed by atoms with Gasteiger partial charge >= 0.3 is 0 Å². The summed E-state index contributed by atoms with van der Waals surface area (Å²) in [4.78, 5) is 26.8. The number of nitrogens with one attached hydrogen (secondary N) is 1. The molecular weight excluding hydrogens is 352 g/mol. The Morgan fingerprint density at radius 1 is 0.929 bits per heavy atom. The molecule has 0 atom stereocenters. The summed E-state index contributed by atoms with van der Waals surface area (Å²) in [6.45, 7) is 5.51. The molecule has 0 spiro atoms. The Labute approximate surface area is 166 Å². The number of carbonyl (C=O) groups is 2. The molecular formula is C23H28N2O3. The number of hydrogen-bond donors (Lipinski definition) is 1. The number of ether oxygens (including phenoxy) is 1. The molecule has 148 valence electrons. The SMILES string of the molecule is Cc1cccc(C)c1OCC(=O)Nc1ccc(C(=O)N2CCCCCC2)cc1. The zero-order valence-corrected chi connectivity index (χ0v) is 16.7. The second-order valence-corrected chi connectivity index (χ2v) is 7.34. The van der Waals surface area contributed by atoms with Crippen molar-refractivity contribution < 1.29 is 14.3 Å². The number of carbonyl (C=O) groups excluding carboxylic acids is 2. The van der Waals surface area contributed by atoms with Gasteiger partial charge in [-0.05, 0) is 62.1 Å². The Morgan fingerprint density at radius 3 is 2.14 bits per heavy atom. The fraction of sp³-hybridized carbons (Fsp3) is 0.391. The summed E-state index contributed by atoms with van der Waals surface area (Å²) in [5.41, 5.74) is 3.32. The van der Waals surface area contributed by atoms with Crippen molar-refractivity contribution in [2.24, 2.45) is 0 Å². The Hall–Kier alpha value is -2.82. The van der Waals surface area contributed by atoms with E-state index in [2.05, 4.69) is 5.32 Å². The smallest absolute Gasteiger partial charge is 0.262 e. The lowest BCUT2D eigenvalue weighted by Gasteiger charge is -2.20. The molecule has 1 N–H and O–H groups in total. The standard InChI is InChI=1S/C23H28N2O3/c1-17-8-7-9-18(2)22(17)28-16-21(26)24-20-12-10-19(11-13-20)23(27)25-14-5-3-4-6-15-25/h7-13H,3-6,14-16H2,1-2H3,(H,24,26). The molecule has 28 heavy (non-hydrogen) atoms. The predicted octanol–water partition coefficient (Wildman–Crippen LogP) is 4.34. The summed E-state index contributed by atoms with van der Waals surface area (Å²) in [5, 5.41) is 2.82. The van der Waals surface area contributed by atoms with Crippen LogP contribution in [0, 0.1) is 13.8 Å². The van der Waals surface area contributed by atoms with Gasteiger partial charge in [-0.2, -0.15) is 0 Å². The van der Waals surface area contributed by atoms with E-state index in [0.29, 0.717) is 11.3 Å². The quantitative estimate of drug-likeness (QED) is 0.840. The van der Waals surface area contributed by atoms with Gasteiger partial charge < -0.3 is 15.0 Å². The van der Waals surface area contributed by atoms with Crippen molar-refractivity contribution in [2.45, 2.75) is 39.5 Å². The molecule has 1 aliphatic heterocycles. The molecule has 0 aliphatic carbocycles. The largest absolute Gasteiger partial charge is 0.483 e. The van der Waals surface area contributed by atoms with E-state index in [9.17, 15) is 9.59 Å². The highest BCUT2D eigenvalue weighted by Gasteiger charge is 2.17. The van der Waals surface area contributed by atoms with Crippen molar-refractivity contribution >= 4 is 17.5 Å². The van der Waals surface area contributed by atoms with Crippen LogP contribution in [-0.4, -0.2) is 36.4 Å². The zero-order chi connectivity index (χ0) is 19.9. The number of likely N-dealkylation sites (tertiary alicyclic amines) is 1. The van der Waals surface area contributed by atoms with Gasteiger partial charge in [-0.25, -0.2) is 0 Å². The molecule has 0 saturated carbocycles. The topological polar surface area (TPSA) is 58.6 Å². The number of anilines is 1. The first-order chi connectivity index (χ1) is 13.5. The lowest BCUT2D eigenvalue weighted by Crippen LogP contribution is -2.31. The van der Waals surface area contributed by atoms with Gasteiger partial charge in [-0.1, -0.05) is 31.0 Å². The molecule has 2 amide bonds. The molecule has 0 aromatic heterocycles. The summed E-state index contributed by atoms with van der Waals surface area (Å²) < 4.78 is 5.68. The minimum absolute atomic E-state index is 0.0554. The number of para-hydroxylation sites is 1. The van der Waals surface area contributed by atoms with Gasteiger partial charge in [0.2, 0.25) is 0 Å². The highest BCUT2D eigenvalue weighted by atomic mass is 16.5. The maximum atomic E-state index is 12.6. The van der Waals surface area contributed by atoms with Crippen molar-refractivity contribution in [1.82, 2.24) is 4.90 Å². The predicted molar refractivity (Wildman–Crippen MR) is 111 cm³/mol. The van der Waals surface area contributed by atoms with Crippen molar-refractivity contribution in [3.8, 4) is 5.75 Å². The van der Waals surface area contributed by atoms with E-state index in [0.717, 1.165) is 42.8 Å². The third kappa shape index (κ3) is 5.12. The fourth-order valence-electron chi connectivity index (χ4n) is 3.51.